The maximum Gasteiger partial charge on any atom is 0.222 e. The van der Waals surface area contributed by atoms with Gasteiger partial charge in [0.05, 0.1) is 14.2 Å². The number of halogens is 1. The van der Waals surface area contributed by atoms with Gasteiger partial charge in [0.2, 0.25) is 5.95 Å². The highest BCUT2D eigenvalue weighted by molar-refractivity contribution is 5.85. The molecule has 0 aliphatic heterocycles. The van der Waals surface area contributed by atoms with E-state index in [4.69, 9.17) is 15.2 Å². The molecule has 0 saturated heterocycles. The van der Waals surface area contributed by atoms with Crippen molar-refractivity contribution in [1.29, 1.82) is 0 Å². The minimum absolute atomic E-state index is 0. The zero-order chi connectivity index (χ0) is 13.8. The van der Waals surface area contributed by atoms with Crippen LogP contribution in [0.5, 0.6) is 11.5 Å². The summed E-state index contributed by atoms with van der Waals surface area (Å²) in [6, 6.07) is 7.33. The fraction of sp³-hybridized carbons (Fsp3) is 0.231. The smallest absolute Gasteiger partial charge is 0.222 e. The lowest BCUT2D eigenvalue weighted by molar-refractivity contribution is 0.355. The Bertz CT molecular complexity index is 572. The van der Waals surface area contributed by atoms with Crippen LogP contribution in [0.3, 0.4) is 0 Å². The van der Waals surface area contributed by atoms with Crippen molar-refractivity contribution in [2.45, 2.75) is 6.92 Å². The summed E-state index contributed by atoms with van der Waals surface area (Å²) < 4.78 is 10.4. The molecule has 7 heteroatoms. The van der Waals surface area contributed by atoms with E-state index in [1.54, 1.807) is 14.2 Å². The van der Waals surface area contributed by atoms with Gasteiger partial charge in [-0.1, -0.05) is 0 Å². The van der Waals surface area contributed by atoms with Gasteiger partial charge in [-0.3, -0.25) is 0 Å². The molecule has 1 aromatic heterocycles. The largest absolute Gasteiger partial charge is 0.493 e. The average molecular weight is 297 g/mol. The van der Waals surface area contributed by atoms with E-state index in [9.17, 15) is 0 Å². The van der Waals surface area contributed by atoms with E-state index >= 15 is 0 Å². The number of benzene rings is 1. The molecule has 0 spiro atoms. The summed E-state index contributed by atoms with van der Waals surface area (Å²) >= 11 is 0. The molecule has 2 rings (SSSR count). The highest BCUT2D eigenvalue weighted by Gasteiger charge is 2.06. The second-order valence-electron chi connectivity index (χ2n) is 3.95. The van der Waals surface area contributed by atoms with Crippen LogP contribution in [0.1, 0.15) is 5.69 Å². The van der Waals surface area contributed by atoms with E-state index in [0.29, 0.717) is 17.3 Å². The van der Waals surface area contributed by atoms with Crippen LogP contribution >= 0.6 is 12.4 Å². The molecule has 1 heterocycles. The third kappa shape index (κ3) is 3.64. The number of nitrogens with one attached hydrogen (secondary N) is 1. The maximum absolute atomic E-state index is 5.61. The minimum Gasteiger partial charge on any atom is -0.493 e. The summed E-state index contributed by atoms with van der Waals surface area (Å²) in [4.78, 5) is 8.13. The standard InChI is InChI=1S/C13H16N4O2.ClH/c1-8-6-12(17-13(14)15-8)16-9-4-5-10(18-2)11(7-9)19-3;/h4-7H,1-3H3,(H3,14,15,16,17);1H. The predicted octanol–water partition coefficient (Wildman–Crippen LogP) is 2.55. The number of nitrogens with two attached hydrogens (primary N) is 1. The van der Waals surface area contributed by atoms with Gasteiger partial charge in [-0.25, -0.2) is 4.98 Å². The van der Waals surface area contributed by atoms with Gasteiger partial charge in [0.25, 0.3) is 0 Å². The Hall–Kier alpha value is -2.21. The van der Waals surface area contributed by atoms with Crippen LogP contribution < -0.4 is 20.5 Å². The van der Waals surface area contributed by atoms with Crippen LogP contribution in [-0.4, -0.2) is 24.2 Å². The maximum atomic E-state index is 5.61. The van der Waals surface area contributed by atoms with Crippen LogP contribution in [0.2, 0.25) is 0 Å². The number of ether oxygens (including phenoxy) is 2. The fourth-order valence-corrected chi connectivity index (χ4v) is 1.72. The number of aryl methyl sites for hydroxylation is 1. The minimum atomic E-state index is 0. The quantitative estimate of drug-likeness (QED) is 0.902. The zero-order valence-electron chi connectivity index (χ0n) is 11.5. The molecule has 3 N–H and O–H groups in total. The Balaban J connectivity index is 0.00000200. The van der Waals surface area contributed by atoms with Gasteiger partial charge in [0.1, 0.15) is 5.82 Å². The molecule has 0 radical (unpaired) electrons. The van der Waals surface area contributed by atoms with E-state index in [0.717, 1.165) is 11.4 Å². The molecule has 1 aromatic carbocycles. The number of anilines is 3. The van der Waals surface area contributed by atoms with Crippen LogP contribution in [0.25, 0.3) is 0 Å². The molecule has 0 atom stereocenters. The first-order valence-corrected chi connectivity index (χ1v) is 5.72. The van der Waals surface area contributed by atoms with Gasteiger partial charge in [0, 0.05) is 23.5 Å². The number of rotatable bonds is 4. The van der Waals surface area contributed by atoms with Crippen molar-refractivity contribution in [3.63, 3.8) is 0 Å². The van der Waals surface area contributed by atoms with Gasteiger partial charge in [-0.05, 0) is 19.1 Å². The molecule has 0 aliphatic carbocycles. The lowest BCUT2D eigenvalue weighted by Crippen LogP contribution is -2.01. The summed E-state index contributed by atoms with van der Waals surface area (Å²) in [6.07, 6.45) is 0. The summed E-state index contributed by atoms with van der Waals surface area (Å²) in [7, 11) is 3.19. The van der Waals surface area contributed by atoms with Crippen LogP contribution in [0, 0.1) is 6.92 Å². The van der Waals surface area contributed by atoms with E-state index in [-0.39, 0.29) is 18.4 Å². The molecule has 0 unspecified atom stereocenters. The van der Waals surface area contributed by atoms with E-state index < -0.39 is 0 Å². The molecule has 0 aliphatic rings. The van der Waals surface area contributed by atoms with E-state index in [1.807, 2.05) is 31.2 Å². The van der Waals surface area contributed by atoms with Gasteiger partial charge in [-0.15, -0.1) is 12.4 Å². The first-order valence-electron chi connectivity index (χ1n) is 5.72. The Morgan fingerprint density at radius 1 is 1.05 bits per heavy atom. The second kappa shape index (κ2) is 6.81. The Kier molecular flexibility index (Phi) is 5.40. The van der Waals surface area contributed by atoms with Crippen molar-refractivity contribution in [2.75, 3.05) is 25.3 Å². The van der Waals surface area contributed by atoms with Crippen molar-refractivity contribution >= 4 is 29.9 Å². The molecular weight excluding hydrogens is 280 g/mol. The molecule has 6 nitrogen and oxygen atoms in total. The third-order valence-electron chi connectivity index (χ3n) is 2.53. The van der Waals surface area contributed by atoms with Crippen LogP contribution in [-0.2, 0) is 0 Å². The van der Waals surface area contributed by atoms with Crippen molar-refractivity contribution in [2.24, 2.45) is 0 Å². The first kappa shape index (κ1) is 15.8. The van der Waals surface area contributed by atoms with Crippen LogP contribution in [0.15, 0.2) is 24.3 Å². The second-order valence-corrected chi connectivity index (χ2v) is 3.95. The van der Waals surface area contributed by atoms with E-state index in [1.165, 1.54) is 0 Å². The first-order chi connectivity index (χ1) is 9.12. The Labute approximate surface area is 123 Å². The number of hydrogen-bond acceptors (Lipinski definition) is 6. The van der Waals surface area contributed by atoms with Crippen molar-refractivity contribution in [3.8, 4) is 11.5 Å². The summed E-state index contributed by atoms with van der Waals surface area (Å²) in [5.41, 5.74) is 7.24. The molecule has 0 bridgehead atoms. The van der Waals surface area contributed by atoms with Gasteiger partial charge in [-0.2, -0.15) is 4.98 Å². The molecular formula is C13H17ClN4O2. The van der Waals surface area contributed by atoms with E-state index in [2.05, 4.69) is 15.3 Å². The van der Waals surface area contributed by atoms with Crippen LogP contribution in [0.4, 0.5) is 17.5 Å². The Morgan fingerprint density at radius 2 is 1.75 bits per heavy atom. The molecule has 0 fully saturated rings. The fourth-order valence-electron chi connectivity index (χ4n) is 1.72. The number of methoxy groups -OCH3 is 2. The van der Waals surface area contributed by atoms with Gasteiger partial charge < -0.3 is 20.5 Å². The topological polar surface area (TPSA) is 82.3 Å². The summed E-state index contributed by atoms with van der Waals surface area (Å²) in [6.45, 7) is 1.86. The predicted molar refractivity (Wildman–Crippen MR) is 81.3 cm³/mol. The normalized spacial score (nSPS) is 9.55. The van der Waals surface area contributed by atoms with Crippen molar-refractivity contribution < 1.29 is 9.47 Å². The molecule has 0 amide bonds. The van der Waals surface area contributed by atoms with Gasteiger partial charge in [0.15, 0.2) is 11.5 Å². The monoisotopic (exact) mass is 296 g/mol. The molecule has 108 valence electrons. The van der Waals surface area contributed by atoms with Crippen molar-refractivity contribution in [1.82, 2.24) is 9.97 Å². The lowest BCUT2D eigenvalue weighted by atomic mass is 10.2. The highest BCUT2D eigenvalue weighted by Crippen LogP contribution is 2.30. The third-order valence-corrected chi connectivity index (χ3v) is 2.53. The Morgan fingerprint density at radius 3 is 2.35 bits per heavy atom. The van der Waals surface area contributed by atoms with Gasteiger partial charge >= 0.3 is 0 Å². The number of hydrogen-bond donors (Lipinski definition) is 2. The number of nitrogens with zero attached hydrogens (tertiary/aromatic N) is 2. The number of nitrogen functional groups attached to an aromatic ring is 1. The highest BCUT2D eigenvalue weighted by atomic mass is 35.5. The zero-order valence-corrected chi connectivity index (χ0v) is 12.3. The van der Waals surface area contributed by atoms with Crippen molar-refractivity contribution in [3.05, 3.63) is 30.0 Å². The molecule has 2 aromatic rings. The SMILES string of the molecule is COc1ccc(Nc2cc(C)nc(N)n2)cc1OC.Cl. The molecule has 0 saturated carbocycles. The number of aromatic nitrogens is 2. The summed E-state index contributed by atoms with van der Waals surface area (Å²) in [5.74, 6) is 2.19. The molecule has 20 heavy (non-hydrogen) atoms. The average Bonchev–Trinajstić information content (AvgIpc) is 2.37. The summed E-state index contributed by atoms with van der Waals surface area (Å²) in [5, 5.41) is 3.14. The lowest BCUT2D eigenvalue weighted by Gasteiger charge is -2.11.